The van der Waals surface area contributed by atoms with Crippen LogP contribution >= 0.6 is 0 Å². The maximum Gasteiger partial charge on any atom is 0.228 e. The standard InChI is InChI=1S/C24H21F2N9/c1-34-23(7-9-29-34)31-24-28-8-6-19(30-24)15-3-5-21-20(11-15)32-33-35(21)22-13-27-12-16(22)14-2-4-17(25)18(26)10-14/h2-11,16,22,27H,12-13H2,1H3,(H,28,30,31)/t16-,22-/m0/s1. The molecule has 5 aromatic rings. The van der Waals surface area contributed by atoms with Crippen molar-refractivity contribution in [3.8, 4) is 11.3 Å². The van der Waals surface area contributed by atoms with E-state index in [0.717, 1.165) is 33.7 Å². The lowest BCUT2D eigenvalue weighted by Gasteiger charge is -2.20. The second-order valence-electron chi connectivity index (χ2n) is 8.47. The van der Waals surface area contributed by atoms with Crippen molar-refractivity contribution in [3.63, 3.8) is 0 Å². The summed E-state index contributed by atoms with van der Waals surface area (Å²) in [5, 5.41) is 19.4. The molecule has 0 bridgehead atoms. The molecule has 1 aliphatic heterocycles. The minimum absolute atomic E-state index is 0.0582. The van der Waals surface area contributed by atoms with E-state index in [-0.39, 0.29) is 12.0 Å². The van der Waals surface area contributed by atoms with Gasteiger partial charge in [-0.2, -0.15) is 5.10 Å². The highest BCUT2D eigenvalue weighted by atomic mass is 19.2. The Labute approximate surface area is 198 Å². The SMILES string of the molecule is Cn1nccc1Nc1nccc(-c2ccc3c(c2)nnn3[C@H]2CNC[C@H]2c2ccc(F)c(F)c2)n1. The quantitative estimate of drug-likeness (QED) is 0.403. The number of benzene rings is 2. The van der Waals surface area contributed by atoms with E-state index in [0.29, 0.717) is 19.0 Å². The summed E-state index contributed by atoms with van der Waals surface area (Å²) in [4.78, 5) is 8.92. The normalized spacial score (nSPS) is 17.8. The van der Waals surface area contributed by atoms with Crippen LogP contribution < -0.4 is 10.6 Å². The van der Waals surface area contributed by atoms with Crippen molar-refractivity contribution in [1.82, 2.24) is 40.1 Å². The van der Waals surface area contributed by atoms with E-state index in [1.807, 2.05) is 42.1 Å². The van der Waals surface area contributed by atoms with Crippen LogP contribution in [0.4, 0.5) is 20.5 Å². The molecule has 1 fully saturated rings. The molecule has 1 aliphatic rings. The van der Waals surface area contributed by atoms with Gasteiger partial charge in [0.15, 0.2) is 11.6 Å². The number of rotatable bonds is 5. The summed E-state index contributed by atoms with van der Waals surface area (Å²) in [6, 6.07) is 13.5. The predicted molar refractivity (Wildman–Crippen MR) is 126 cm³/mol. The zero-order chi connectivity index (χ0) is 23.9. The Morgan fingerprint density at radius 1 is 1.00 bits per heavy atom. The summed E-state index contributed by atoms with van der Waals surface area (Å²) < 4.78 is 30.9. The number of aryl methyl sites for hydroxylation is 1. The molecule has 0 unspecified atom stereocenters. The number of nitrogens with one attached hydrogen (secondary N) is 2. The van der Waals surface area contributed by atoms with E-state index in [1.54, 1.807) is 23.1 Å². The van der Waals surface area contributed by atoms with Crippen molar-refractivity contribution in [2.24, 2.45) is 7.05 Å². The molecule has 1 saturated heterocycles. The number of hydrogen-bond acceptors (Lipinski definition) is 7. The van der Waals surface area contributed by atoms with Gasteiger partial charge >= 0.3 is 0 Å². The van der Waals surface area contributed by atoms with Crippen molar-refractivity contribution >= 4 is 22.8 Å². The fourth-order valence-corrected chi connectivity index (χ4v) is 4.54. The summed E-state index contributed by atoms with van der Waals surface area (Å²) in [5.74, 6) is -0.513. The molecular weight excluding hydrogens is 452 g/mol. The highest BCUT2D eigenvalue weighted by Gasteiger charge is 2.32. The predicted octanol–water partition coefficient (Wildman–Crippen LogP) is 3.57. The number of anilines is 2. The van der Waals surface area contributed by atoms with Gasteiger partial charge in [0, 0.05) is 43.9 Å². The van der Waals surface area contributed by atoms with Crippen LogP contribution in [0.1, 0.15) is 17.5 Å². The summed E-state index contributed by atoms with van der Waals surface area (Å²) in [7, 11) is 1.83. The van der Waals surface area contributed by atoms with Gasteiger partial charge in [0.25, 0.3) is 0 Å². The fraction of sp³-hybridized carbons (Fsp3) is 0.208. The first kappa shape index (κ1) is 21.3. The van der Waals surface area contributed by atoms with E-state index in [1.165, 1.54) is 12.1 Å². The molecule has 9 nitrogen and oxygen atoms in total. The van der Waals surface area contributed by atoms with E-state index in [2.05, 4.69) is 36.0 Å². The highest BCUT2D eigenvalue weighted by molar-refractivity contribution is 5.81. The number of halogens is 2. The van der Waals surface area contributed by atoms with Gasteiger partial charge in [-0.15, -0.1) is 5.10 Å². The highest BCUT2D eigenvalue weighted by Crippen LogP contribution is 2.34. The molecule has 2 atom stereocenters. The van der Waals surface area contributed by atoms with Crippen LogP contribution in [0.15, 0.2) is 60.9 Å². The lowest BCUT2D eigenvalue weighted by Crippen LogP contribution is -2.18. The third-order valence-electron chi connectivity index (χ3n) is 6.35. The van der Waals surface area contributed by atoms with Crippen LogP contribution in [-0.4, -0.2) is 47.8 Å². The first-order valence-electron chi connectivity index (χ1n) is 11.2. The molecule has 0 spiro atoms. The topological polar surface area (TPSA) is 98.4 Å². The first-order valence-corrected chi connectivity index (χ1v) is 11.2. The molecule has 3 aromatic heterocycles. The van der Waals surface area contributed by atoms with Gasteiger partial charge in [0.05, 0.1) is 23.4 Å². The Balaban J connectivity index is 1.30. The summed E-state index contributed by atoms with van der Waals surface area (Å²) in [5.41, 5.74) is 3.93. The third-order valence-corrected chi connectivity index (χ3v) is 6.35. The Hall–Kier alpha value is -4.25. The van der Waals surface area contributed by atoms with Crippen molar-refractivity contribution in [2.45, 2.75) is 12.0 Å². The van der Waals surface area contributed by atoms with Crippen LogP contribution in [0.3, 0.4) is 0 Å². The molecule has 35 heavy (non-hydrogen) atoms. The van der Waals surface area contributed by atoms with Crippen LogP contribution in [0.25, 0.3) is 22.3 Å². The van der Waals surface area contributed by atoms with Crippen LogP contribution in [-0.2, 0) is 7.05 Å². The van der Waals surface area contributed by atoms with Gasteiger partial charge in [-0.1, -0.05) is 17.3 Å². The van der Waals surface area contributed by atoms with Crippen LogP contribution in [0.2, 0.25) is 0 Å². The zero-order valence-corrected chi connectivity index (χ0v) is 18.7. The number of fused-ring (bicyclic) bond motifs is 1. The zero-order valence-electron chi connectivity index (χ0n) is 18.7. The Kier molecular flexibility index (Phi) is 5.18. The molecule has 176 valence electrons. The van der Waals surface area contributed by atoms with Gasteiger partial charge in [-0.3, -0.25) is 4.68 Å². The van der Waals surface area contributed by atoms with Gasteiger partial charge in [-0.25, -0.2) is 23.4 Å². The average Bonchev–Trinajstić information content (AvgIpc) is 3.60. The molecule has 4 heterocycles. The Bertz CT molecular complexity index is 1530. The molecule has 2 N–H and O–H groups in total. The molecule has 0 aliphatic carbocycles. The minimum atomic E-state index is -0.849. The fourth-order valence-electron chi connectivity index (χ4n) is 4.54. The van der Waals surface area contributed by atoms with Gasteiger partial charge in [-0.05, 0) is 35.9 Å². The van der Waals surface area contributed by atoms with Gasteiger partial charge in [0.2, 0.25) is 5.95 Å². The van der Waals surface area contributed by atoms with E-state index in [9.17, 15) is 8.78 Å². The van der Waals surface area contributed by atoms with Crippen molar-refractivity contribution in [2.75, 3.05) is 18.4 Å². The van der Waals surface area contributed by atoms with Crippen molar-refractivity contribution in [1.29, 1.82) is 0 Å². The van der Waals surface area contributed by atoms with Crippen molar-refractivity contribution < 1.29 is 8.78 Å². The summed E-state index contributed by atoms with van der Waals surface area (Å²) in [6.07, 6.45) is 3.39. The van der Waals surface area contributed by atoms with Gasteiger partial charge in [0.1, 0.15) is 11.3 Å². The van der Waals surface area contributed by atoms with E-state index < -0.39 is 11.6 Å². The van der Waals surface area contributed by atoms with E-state index >= 15 is 0 Å². The molecule has 0 radical (unpaired) electrons. The van der Waals surface area contributed by atoms with Crippen LogP contribution in [0, 0.1) is 11.6 Å². The lowest BCUT2D eigenvalue weighted by atomic mass is 9.94. The van der Waals surface area contributed by atoms with Gasteiger partial charge < -0.3 is 10.6 Å². The molecule has 6 rings (SSSR count). The average molecular weight is 473 g/mol. The van der Waals surface area contributed by atoms with Crippen LogP contribution in [0.5, 0.6) is 0 Å². The maximum absolute atomic E-state index is 13.9. The minimum Gasteiger partial charge on any atom is -0.314 e. The first-order chi connectivity index (χ1) is 17.1. The molecular formula is C24H21F2N9. The smallest absolute Gasteiger partial charge is 0.228 e. The largest absolute Gasteiger partial charge is 0.314 e. The number of hydrogen-bond donors (Lipinski definition) is 2. The number of aromatic nitrogens is 7. The van der Waals surface area contributed by atoms with E-state index in [4.69, 9.17) is 0 Å². The maximum atomic E-state index is 13.9. The summed E-state index contributed by atoms with van der Waals surface area (Å²) >= 11 is 0. The second kappa shape index (κ2) is 8.51. The summed E-state index contributed by atoms with van der Waals surface area (Å²) in [6.45, 7) is 1.29. The Morgan fingerprint density at radius 3 is 2.74 bits per heavy atom. The molecule has 0 saturated carbocycles. The third kappa shape index (κ3) is 3.89. The monoisotopic (exact) mass is 473 g/mol. The molecule has 0 amide bonds. The Morgan fingerprint density at radius 2 is 1.91 bits per heavy atom. The van der Waals surface area contributed by atoms with Crippen molar-refractivity contribution in [3.05, 3.63) is 78.1 Å². The lowest BCUT2D eigenvalue weighted by molar-refractivity contribution is 0.445. The second-order valence-corrected chi connectivity index (χ2v) is 8.47. The molecule has 11 heteroatoms. The number of nitrogens with zero attached hydrogens (tertiary/aromatic N) is 7. The molecule has 2 aromatic carbocycles.